The molecule has 1 aromatic heterocycles. The summed E-state index contributed by atoms with van der Waals surface area (Å²) in [7, 11) is -3.86. The number of hydrogen-bond acceptors (Lipinski definition) is 7. The number of nitrogens with zero attached hydrogens (tertiary/aromatic N) is 2. The van der Waals surface area contributed by atoms with Crippen LogP contribution >= 0.6 is 22.9 Å². The largest absolute Gasteiger partial charge is 0.372 e. The minimum atomic E-state index is -3.86. The Labute approximate surface area is 214 Å². The highest BCUT2D eigenvalue weighted by Gasteiger charge is 2.35. The maximum atomic E-state index is 13.0. The van der Waals surface area contributed by atoms with Gasteiger partial charge in [-0.2, -0.15) is 4.72 Å². The first-order valence-electron chi connectivity index (χ1n) is 11.6. The molecule has 0 aliphatic carbocycles. The first-order chi connectivity index (χ1) is 16.7. The van der Waals surface area contributed by atoms with Gasteiger partial charge in [0.2, 0.25) is 27.7 Å². The first kappa shape index (κ1) is 27.6. The molecule has 0 radical (unpaired) electrons. The summed E-state index contributed by atoms with van der Waals surface area (Å²) >= 11 is 7.11. The van der Waals surface area contributed by atoms with E-state index in [-0.39, 0.29) is 31.0 Å². The molecule has 1 aromatic rings. The van der Waals surface area contributed by atoms with Gasteiger partial charge in [-0.3, -0.25) is 14.4 Å². The van der Waals surface area contributed by atoms with Gasteiger partial charge in [0.1, 0.15) is 12.6 Å². The second kappa shape index (κ2) is 12.8. The predicted molar refractivity (Wildman–Crippen MR) is 134 cm³/mol. The van der Waals surface area contributed by atoms with Crippen LogP contribution in [0.2, 0.25) is 4.34 Å². The highest BCUT2D eigenvalue weighted by Crippen LogP contribution is 2.23. The van der Waals surface area contributed by atoms with Gasteiger partial charge in [-0.15, -0.1) is 11.3 Å². The van der Waals surface area contributed by atoms with E-state index >= 15 is 0 Å². The van der Waals surface area contributed by atoms with Crippen molar-refractivity contribution in [2.24, 2.45) is 0 Å². The fourth-order valence-electron chi connectivity index (χ4n) is 4.13. The van der Waals surface area contributed by atoms with E-state index in [1.54, 1.807) is 24.0 Å². The Balaban J connectivity index is 1.53. The summed E-state index contributed by atoms with van der Waals surface area (Å²) in [6, 6.07) is 2.31. The van der Waals surface area contributed by atoms with Crippen LogP contribution in [-0.2, 0) is 29.1 Å². The van der Waals surface area contributed by atoms with Gasteiger partial charge >= 0.3 is 0 Å². The number of hydrogen-bond donors (Lipinski definition) is 2. The SMILES string of the molecule is CCOCC(=O)NC[C@H]1CCCN1C(=O)CN1CCC[C@H](NS(=O)(=O)C=Cc2ccc(Cl)s2)C1=O. The van der Waals surface area contributed by atoms with Gasteiger partial charge in [0.05, 0.1) is 10.9 Å². The average Bonchev–Trinajstić information content (AvgIpc) is 3.46. The van der Waals surface area contributed by atoms with Crippen molar-refractivity contribution in [3.8, 4) is 0 Å². The zero-order chi connectivity index (χ0) is 25.4. The highest BCUT2D eigenvalue weighted by atomic mass is 35.5. The first-order valence-corrected chi connectivity index (χ1v) is 14.3. The Morgan fingerprint density at radius 1 is 1.26 bits per heavy atom. The van der Waals surface area contributed by atoms with Gasteiger partial charge in [0.25, 0.3) is 0 Å². The molecule has 0 aromatic carbocycles. The summed E-state index contributed by atoms with van der Waals surface area (Å²) in [6.45, 7) is 3.38. The van der Waals surface area contributed by atoms with E-state index in [1.165, 1.54) is 22.3 Å². The number of likely N-dealkylation sites (tertiary alicyclic amines) is 2. The van der Waals surface area contributed by atoms with E-state index in [2.05, 4.69) is 10.0 Å². The fourth-order valence-corrected chi connectivity index (χ4v) is 6.20. The van der Waals surface area contributed by atoms with Crippen LogP contribution in [0.25, 0.3) is 6.08 Å². The molecule has 0 unspecified atom stereocenters. The molecule has 2 aliphatic heterocycles. The fraction of sp³-hybridized carbons (Fsp3) is 0.591. The molecule has 10 nitrogen and oxygen atoms in total. The van der Waals surface area contributed by atoms with Gasteiger partial charge in [-0.1, -0.05) is 11.6 Å². The Bertz CT molecular complexity index is 1040. The Morgan fingerprint density at radius 3 is 2.74 bits per heavy atom. The smallest absolute Gasteiger partial charge is 0.246 e. The third-order valence-electron chi connectivity index (χ3n) is 5.84. The molecule has 3 rings (SSSR count). The zero-order valence-electron chi connectivity index (χ0n) is 19.6. The second-order valence-electron chi connectivity index (χ2n) is 8.39. The van der Waals surface area contributed by atoms with Gasteiger partial charge in [0, 0.05) is 42.6 Å². The summed E-state index contributed by atoms with van der Waals surface area (Å²) < 4.78 is 33.0. The molecule has 2 saturated heterocycles. The molecule has 194 valence electrons. The van der Waals surface area contributed by atoms with E-state index in [4.69, 9.17) is 16.3 Å². The minimum absolute atomic E-state index is 0.0208. The average molecular weight is 547 g/mol. The molecule has 2 aliphatic rings. The Hall–Kier alpha value is -1.99. The number of nitrogens with one attached hydrogen (secondary N) is 2. The van der Waals surface area contributed by atoms with Crippen LogP contribution in [0.3, 0.4) is 0 Å². The van der Waals surface area contributed by atoms with Crippen LogP contribution in [0, 0.1) is 0 Å². The van der Waals surface area contributed by atoms with E-state index in [0.29, 0.717) is 48.3 Å². The van der Waals surface area contributed by atoms with Crippen molar-refractivity contribution in [1.82, 2.24) is 19.8 Å². The monoisotopic (exact) mass is 546 g/mol. The number of halogens is 1. The number of rotatable bonds is 11. The van der Waals surface area contributed by atoms with Crippen molar-refractivity contribution in [2.45, 2.75) is 44.7 Å². The van der Waals surface area contributed by atoms with Crippen LogP contribution in [0.4, 0.5) is 0 Å². The number of carbonyl (C=O) groups excluding carboxylic acids is 3. The molecule has 13 heteroatoms. The van der Waals surface area contributed by atoms with Crippen molar-refractivity contribution >= 4 is 56.8 Å². The molecular formula is C22H31ClN4O6S2. The van der Waals surface area contributed by atoms with Crippen molar-refractivity contribution in [1.29, 1.82) is 0 Å². The molecule has 0 saturated carbocycles. The van der Waals surface area contributed by atoms with Crippen molar-refractivity contribution < 1.29 is 27.5 Å². The van der Waals surface area contributed by atoms with Crippen molar-refractivity contribution in [2.75, 3.05) is 39.4 Å². The van der Waals surface area contributed by atoms with E-state index < -0.39 is 22.0 Å². The lowest BCUT2D eigenvalue weighted by molar-refractivity contribution is -0.143. The standard InChI is InChI=1S/C22H31ClN4O6S2/c1-2-33-15-20(28)24-13-16-5-3-11-27(16)21(29)14-26-10-4-6-18(22(26)30)25-35(31,32)12-9-17-7-8-19(23)34-17/h7-9,12,16,18,25H,2-6,10-11,13-15H2,1H3,(H,24,28)/t16-,18+/m1/s1. The Morgan fingerprint density at radius 2 is 2.03 bits per heavy atom. The molecule has 35 heavy (non-hydrogen) atoms. The lowest BCUT2D eigenvalue weighted by Gasteiger charge is -2.34. The normalized spacial score (nSPS) is 21.1. The predicted octanol–water partition coefficient (Wildman–Crippen LogP) is 1.43. The topological polar surface area (TPSA) is 125 Å². The number of amides is 3. The van der Waals surface area contributed by atoms with Crippen LogP contribution in [0.5, 0.6) is 0 Å². The molecule has 3 amide bonds. The van der Waals surface area contributed by atoms with Gasteiger partial charge < -0.3 is 19.9 Å². The van der Waals surface area contributed by atoms with Gasteiger partial charge in [-0.05, 0) is 50.8 Å². The number of carbonyl (C=O) groups is 3. The molecule has 2 N–H and O–H groups in total. The summed E-state index contributed by atoms with van der Waals surface area (Å²) in [6.07, 6.45) is 3.94. The van der Waals surface area contributed by atoms with Gasteiger partial charge in [-0.25, -0.2) is 8.42 Å². The molecule has 0 bridgehead atoms. The lowest BCUT2D eigenvalue weighted by Crippen LogP contribution is -2.55. The maximum Gasteiger partial charge on any atom is 0.246 e. The number of piperidine rings is 1. The molecule has 2 atom stereocenters. The maximum absolute atomic E-state index is 13.0. The molecule has 3 heterocycles. The highest BCUT2D eigenvalue weighted by molar-refractivity contribution is 7.92. The Kier molecular flexibility index (Phi) is 10.1. The number of thiophene rings is 1. The van der Waals surface area contributed by atoms with E-state index in [9.17, 15) is 22.8 Å². The van der Waals surface area contributed by atoms with Crippen molar-refractivity contribution in [3.63, 3.8) is 0 Å². The minimum Gasteiger partial charge on any atom is -0.372 e. The van der Waals surface area contributed by atoms with Gasteiger partial charge in [0.15, 0.2) is 0 Å². The summed E-state index contributed by atoms with van der Waals surface area (Å²) in [5.74, 6) is -0.858. The van der Waals surface area contributed by atoms with Crippen molar-refractivity contribution in [3.05, 3.63) is 26.8 Å². The van der Waals surface area contributed by atoms with Crippen LogP contribution in [0.15, 0.2) is 17.5 Å². The third-order valence-corrected chi connectivity index (χ3v) is 8.14. The molecule has 2 fully saturated rings. The molecule has 0 spiro atoms. The van der Waals surface area contributed by atoms with E-state index in [1.807, 2.05) is 0 Å². The second-order valence-corrected chi connectivity index (χ2v) is 11.7. The third kappa shape index (κ3) is 8.28. The summed E-state index contributed by atoms with van der Waals surface area (Å²) in [5.41, 5.74) is 0. The number of ether oxygens (including phenoxy) is 1. The summed E-state index contributed by atoms with van der Waals surface area (Å²) in [4.78, 5) is 41.5. The van der Waals surface area contributed by atoms with Crippen LogP contribution in [-0.4, -0.2) is 87.4 Å². The quantitative estimate of drug-likeness (QED) is 0.432. The van der Waals surface area contributed by atoms with Crippen LogP contribution < -0.4 is 10.0 Å². The molecular weight excluding hydrogens is 516 g/mol. The zero-order valence-corrected chi connectivity index (χ0v) is 22.0. The van der Waals surface area contributed by atoms with Crippen LogP contribution in [0.1, 0.15) is 37.5 Å². The lowest BCUT2D eigenvalue weighted by atomic mass is 10.1. The summed E-state index contributed by atoms with van der Waals surface area (Å²) in [5, 5.41) is 3.80. The number of sulfonamides is 1. The van der Waals surface area contributed by atoms with E-state index in [0.717, 1.165) is 18.2 Å².